The van der Waals surface area contributed by atoms with Gasteiger partial charge < -0.3 is 20.2 Å². The van der Waals surface area contributed by atoms with Crippen LogP contribution in [0.25, 0.3) is 0 Å². The summed E-state index contributed by atoms with van der Waals surface area (Å²) >= 11 is 3.29. The van der Waals surface area contributed by atoms with E-state index in [9.17, 15) is 19.2 Å². The topological polar surface area (TPSA) is 102 Å². The Hall–Kier alpha value is -2.22. The summed E-state index contributed by atoms with van der Waals surface area (Å²) in [6, 6.07) is 7.05. The van der Waals surface area contributed by atoms with E-state index in [4.69, 9.17) is 0 Å². The number of anilines is 1. The van der Waals surface area contributed by atoms with Gasteiger partial charge in [0.1, 0.15) is 5.78 Å². The van der Waals surface area contributed by atoms with Crippen LogP contribution in [0.2, 0.25) is 0 Å². The van der Waals surface area contributed by atoms with E-state index in [1.165, 1.54) is 6.92 Å². The van der Waals surface area contributed by atoms with E-state index in [0.717, 1.165) is 4.47 Å². The summed E-state index contributed by atoms with van der Waals surface area (Å²) in [7, 11) is 0. The molecule has 0 bridgehead atoms. The number of hydrogen-bond donors (Lipinski definition) is 2. The molecule has 1 aromatic carbocycles. The molecule has 2 N–H and O–H groups in total. The highest BCUT2D eigenvalue weighted by Crippen LogP contribution is 2.20. The maximum Gasteiger partial charge on any atom is 0.306 e. The van der Waals surface area contributed by atoms with Gasteiger partial charge in [-0.25, -0.2) is 0 Å². The van der Waals surface area contributed by atoms with Crippen LogP contribution in [-0.2, 0) is 23.9 Å². The standard InChI is InChI=1S/C15H17BrN2O5/c1-10(19)6-7-15(22)23-9-14(21)17-8-13(20)18-12-5-3-2-4-11(12)16/h2-5H,6-9H2,1H3,(H,17,21)(H,18,20). The van der Waals surface area contributed by atoms with Gasteiger partial charge in [-0.2, -0.15) is 0 Å². The minimum atomic E-state index is -0.631. The fraction of sp³-hybridized carbons (Fsp3) is 0.333. The third-order valence-electron chi connectivity index (χ3n) is 2.64. The quantitative estimate of drug-likeness (QED) is 0.659. The van der Waals surface area contributed by atoms with Crippen molar-refractivity contribution in [3.8, 4) is 0 Å². The average molecular weight is 385 g/mol. The number of ketones is 1. The highest BCUT2D eigenvalue weighted by Gasteiger charge is 2.10. The van der Waals surface area contributed by atoms with Gasteiger partial charge >= 0.3 is 5.97 Å². The fourth-order valence-electron chi connectivity index (χ4n) is 1.48. The molecule has 0 unspecified atom stereocenters. The van der Waals surface area contributed by atoms with Gasteiger partial charge in [0.2, 0.25) is 5.91 Å². The lowest BCUT2D eigenvalue weighted by atomic mass is 10.2. The Bertz CT molecular complexity index is 603. The number of amides is 2. The number of halogens is 1. The molecular weight excluding hydrogens is 368 g/mol. The minimum absolute atomic E-state index is 0.0644. The van der Waals surface area contributed by atoms with Crippen molar-refractivity contribution in [2.75, 3.05) is 18.5 Å². The number of hydrogen-bond acceptors (Lipinski definition) is 5. The molecule has 0 aliphatic rings. The van der Waals surface area contributed by atoms with E-state index in [1.807, 2.05) is 6.07 Å². The van der Waals surface area contributed by atoms with Gasteiger partial charge in [0.05, 0.1) is 18.7 Å². The van der Waals surface area contributed by atoms with Crippen molar-refractivity contribution in [2.45, 2.75) is 19.8 Å². The van der Waals surface area contributed by atoms with Crippen LogP contribution in [0.5, 0.6) is 0 Å². The third kappa shape index (κ3) is 8.10. The van der Waals surface area contributed by atoms with Gasteiger partial charge in [-0.3, -0.25) is 14.4 Å². The van der Waals surface area contributed by atoms with E-state index in [-0.39, 0.29) is 25.2 Å². The number of esters is 1. The second-order valence-corrected chi connectivity index (χ2v) is 5.52. The molecule has 0 saturated heterocycles. The molecule has 0 aliphatic carbocycles. The van der Waals surface area contributed by atoms with Crippen molar-refractivity contribution in [2.24, 2.45) is 0 Å². The van der Waals surface area contributed by atoms with Crippen molar-refractivity contribution in [3.63, 3.8) is 0 Å². The maximum atomic E-state index is 11.7. The van der Waals surface area contributed by atoms with Gasteiger partial charge in [-0.1, -0.05) is 12.1 Å². The van der Waals surface area contributed by atoms with Gasteiger partial charge in [0.25, 0.3) is 5.91 Å². The van der Waals surface area contributed by atoms with Crippen LogP contribution >= 0.6 is 15.9 Å². The highest BCUT2D eigenvalue weighted by atomic mass is 79.9. The predicted octanol–water partition coefficient (Wildman–Crippen LogP) is 1.42. The summed E-state index contributed by atoms with van der Waals surface area (Å²) in [4.78, 5) is 45.1. The lowest BCUT2D eigenvalue weighted by molar-refractivity contribution is -0.149. The van der Waals surface area contributed by atoms with Crippen LogP contribution in [0.1, 0.15) is 19.8 Å². The summed E-state index contributed by atoms with van der Waals surface area (Å²) in [6.07, 6.45) is 0.0138. The molecule has 124 valence electrons. The molecule has 0 radical (unpaired) electrons. The van der Waals surface area contributed by atoms with Crippen LogP contribution in [0, 0.1) is 0 Å². The highest BCUT2D eigenvalue weighted by molar-refractivity contribution is 9.10. The zero-order valence-corrected chi connectivity index (χ0v) is 14.1. The Morgan fingerprint density at radius 2 is 1.78 bits per heavy atom. The number of para-hydroxylation sites is 1. The fourth-order valence-corrected chi connectivity index (χ4v) is 1.87. The Morgan fingerprint density at radius 3 is 2.43 bits per heavy atom. The van der Waals surface area contributed by atoms with Gasteiger partial charge in [-0.05, 0) is 35.0 Å². The lowest BCUT2D eigenvalue weighted by Crippen LogP contribution is -2.35. The van der Waals surface area contributed by atoms with Crippen LogP contribution in [0.4, 0.5) is 5.69 Å². The zero-order chi connectivity index (χ0) is 17.2. The molecule has 1 rings (SSSR count). The number of ether oxygens (including phenoxy) is 1. The first-order valence-electron chi connectivity index (χ1n) is 6.84. The Labute approximate surface area is 141 Å². The number of Topliss-reactive ketones (excluding diaryl/α,β-unsaturated/α-hetero) is 1. The van der Waals surface area contributed by atoms with Crippen LogP contribution in [0.15, 0.2) is 28.7 Å². The first-order chi connectivity index (χ1) is 10.9. The SMILES string of the molecule is CC(=O)CCC(=O)OCC(=O)NCC(=O)Nc1ccccc1Br. The number of carbonyl (C=O) groups is 4. The van der Waals surface area contributed by atoms with Crippen molar-refractivity contribution < 1.29 is 23.9 Å². The molecule has 0 aromatic heterocycles. The summed E-state index contributed by atoms with van der Waals surface area (Å²) < 4.78 is 5.40. The molecule has 23 heavy (non-hydrogen) atoms. The number of benzene rings is 1. The van der Waals surface area contributed by atoms with E-state index >= 15 is 0 Å². The maximum absolute atomic E-state index is 11.7. The Balaban J connectivity index is 2.25. The van der Waals surface area contributed by atoms with Gasteiger partial charge in [-0.15, -0.1) is 0 Å². The Morgan fingerprint density at radius 1 is 1.09 bits per heavy atom. The molecule has 0 heterocycles. The van der Waals surface area contributed by atoms with Crippen molar-refractivity contribution in [1.82, 2.24) is 5.32 Å². The lowest BCUT2D eigenvalue weighted by Gasteiger charge is -2.08. The third-order valence-corrected chi connectivity index (χ3v) is 3.33. The second kappa shape index (κ2) is 9.73. The van der Waals surface area contributed by atoms with E-state index in [0.29, 0.717) is 5.69 Å². The Kier molecular flexibility index (Phi) is 7.96. The predicted molar refractivity (Wildman–Crippen MR) is 86.7 cm³/mol. The molecule has 0 aliphatic heterocycles. The number of rotatable bonds is 8. The molecular formula is C15H17BrN2O5. The summed E-state index contributed by atoms with van der Waals surface area (Å²) in [5.41, 5.74) is 0.586. The van der Waals surface area contributed by atoms with Crippen molar-refractivity contribution in [3.05, 3.63) is 28.7 Å². The molecule has 7 nitrogen and oxygen atoms in total. The van der Waals surface area contributed by atoms with E-state index in [1.54, 1.807) is 18.2 Å². The smallest absolute Gasteiger partial charge is 0.306 e. The summed E-state index contributed by atoms with van der Waals surface area (Å²) in [6.45, 7) is 0.633. The second-order valence-electron chi connectivity index (χ2n) is 4.67. The monoisotopic (exact) mass is 384 g/mol. The first kappa shape index (κ1) is 18.8. The average Bonchev–Trinajstić information content (AvgIpc) is 2.51. The molecule has 2 amide bonds. The molecule has 1 aromatic rings. The van der Waals surface area contributed by atoms with Crippen LogP contribution in [-0.4, -0.2) is 36.7 Å². The van der Waals surface area contributed by atoms with E-state index in [2.05, 4.69) is 31.3 Å². The van der Waals surface area contributed by atoms with Crippen LogP contribution in [0.3, 0.4) is 0 Å². The van der Waals surface area contributed by atoms with Gasteiger partial charge in [0, 0.05) is 10.9 Å². The molecule has 0 fully saturated rings. The number of carbonyl (C=O) groups excluding carboxylic acids is 4. The van der Waals surface area contributed by atoms with Crippen molar-refractivity contribution in [1.29, 1.82) is 0 Å². The zero-order valence-electron chi connectivity index (χ0n) is 12.6. The largest absolute Gasteiger partial charge is 0.456 e. The summed E-state index contributed by atoms with van der Waals surface area (Å²) in [5, 5.41) is 4.95. The van der Waals surface area contributed by atoms with Crippen LogP contribution < -0.4 is 10.6 Å². The molecule has 0 saturated carbocycles. The number of nitrogens with one attached hydrogen (secondary N) is 2. The normalized spacial score (nSPS) is 9.83. The molecule has 0 atom stereocenters. The van der Waals surface area contributed by atoms with Gasteiger partial charge in [0.15, 0.2) is 6.61 Å². The molecule has 0 spiro atoms. The van der Waals surface area contributed by atoms with Crippen molar-refractivity contribution >= 4 is 45.2 Å². The van der Waals surface area contributed by atoms with E-state index < -0.39 is 24.4 Å². The summed E-state index contributed by atoms with van der Waals surface area (Å²) in [5.74, 6) is -1.76. The first-order valence-corrected chi connectivity index (χ1v) is 7.64. The minimum Gasteiger partial charge on any atom is -0.456 e. The molecule has 8 heteroatoms.